The number of rotatable bonds is 8. The summed E-state index contributed by atoms with van der Waals surface area (Å²) in [6, 6.07) is 22.4. The van der Waals surface area contributed by atoms with Gasteiger partial charge in [-0.15, -0.1) is 0 Å². The second-order valence-electron chi connectivity index (χ2n) is 7.99. The van der Waals surface area contributed by atoms with E-state index in [0.717, 1.165) is 22.4 Å². The highest BCUT2D eigenvalue weighted by Gasteiger charge is 2.14. The maximum Gasteiger partial charge on any atom is 0.256 e. The normalized spacial score (nSPS) is 10.7. The van der Waals surface area contributed by atoms with Crippen LogP contribution in [-0.2, 0) is 17.9 Å². The molecule has 0 saturated carbocycles. The first-order valence-corrected chi connectivity index (χ1v) is 10.9. The minimum absolute atomic E-state index is 0.118. The van der Waals surface area contributed by atoms with Crippen LogP contribution in [-0.4, -0.2) is 24.7 Å². The van der Waals surface area contributed by atoms with E-state index in [1.165, 1.54) is 4.57 Å². The molecule has 0 bridgehead atoms. The first-order valence-electron chi connectivity index (χ1n) is 10.9. The Bertz CT molecular complexity index is 1380. The number of aryl methyl sites for hydroxylation is 1. The molecule has 0 unspecified atom stereocenters. The Labute approximate surface area is 197 Å². The number of methoxy groups -OCH3 is 2. The van der Waals surface area contributed by atoms with E-state index in [0.29, 0.717) is 29.1 Å². The maximum atomic E-state index is 13.4. The quantitative estimate of drug-likeness (QED) is 0.405. The van der Waals surface area contributed by atoms with Gasteiger partial charge < -0.3 is 20.1 Å². The van der Waals surface area contributed by atoms with E-state index < -0.39 is 0 Å². The van der Waals surface area contributed by atoms with Gasteiger partial charge in [0.15, 0.2) is 0 Å². The lowest BCUT2D eigenvalue weighted by molar-refractivity contribution is -0.116. The van der Waals surface area contributed by atoms with Crippen LogP contribution in [0, 0.1) is 6.92 Å². The van der Waals surface area contributed by atoms with E-state index in [1.54, 1.807) is 20.3 Å². The van der Waals surface area contributed by atoms with Gasteiger partial charge in [0.25, 0.3) is 5.56 Å². The minimum atomic E-state index is -0.280. The van der Waals surface area contributed by atoms with E-state index in [2.05, 4.69) is 10.6 Å². The predicted octanol–water partition coefficient (Wildman–Crippen LogP) is 4.58. The van der Waals surface area contributed by atoms with Crippen molar-refractivity contribution in [3.8, 4) is 11.5 Å². The fourth-order valence-corrected chi connectivity index (χ4v) is 3.80. The Morgan fingerprint density at radius 1 is 0.882 bits per heavy atom. The van der Waals surface area contributed by atoms with Gasteiger partial charge in [-0.25, -0.2) is 0 Å². The zero-order valence-corrected chi connectivity index (χ0v) is 19.4. The molecule has 7 heteroatoms. The van der Waals surface area contributed by atoms with Crippen LogP contribution in [0.25, 0.3) is 10.9 Å². The molecule has 0 spiro atoms. The van der Waals surface area contributed by atoms with Gasteiger partial charge in [0.2, 0.25) is 5.91 Å². The van der Waals surface area contributed by atoms with Crippen LogP contribution in [0.5, 0.6) is 11.5 Å². The van der Waals surface area contributed by atoms with Crippen LogP contribution in [0.3, 0.4) is 0 Å². The summed E-state index contributed by atoms with van der Waals surface area (Å²) in [7, 11) is 3.19. The van der Waals surface area contributed by atoms with Gasteiger partial charge in [-0.05, 0) is 72.5 Å². The molecule has 174 valence electrons. The van der Waals surface area contributed by atoms with E-state index in [4.69, 9.17) is 9.47 Å². The van der Waals surface area contributed by atoms with Crippen LogP contribution in [0.1, 0.15) is 11.1 Å². The second-order valence-corrected chi connectivity index (χ2v) is 7.99. The molecule has 3 aromatic carbocycles. The number of nitrogens with one attached hydrogen (secondary N) is 2. The molecule has 0 atom stereocenters. The van der Waals surface area contributed by atoms with Crippen LogP contribution >= 0.6 is 0 Å². The molecule has 4 rings (SSSR count). The maximum absolute atomic E-state index is 13.4. The minimum Gasteiger partial charge on any atom is -0.497 e. The standard InChI is InChI=1S/C27H27N3O4/c1-18-5-4-6-22(13-18)29-26(31)17-30-25-15-24(34-3)10-7-19(25)14-20(27(30)32)16-28-21-8-11-23(33-2)12-9-21/h4-15,28H,16-17H2,1-3H3,(H,29,31). The summed E-state index contributed by atoms with van der Waals surface area (Å²) in [4.78, 5) is 26.3. The van der Waals surface area contributed by atoms with Crippen LogP contribution in [0.2, 0.25) is 0 Å². The van der Waals surface area contributed by atoms with Gasteiger partial charge in [0.1, 0.15) is 18.0 Å². The summed E-state index contributed by atoms with van der Waals surface area (Å²) in [6.45, 7) is 2.15. The van der Waals surface area contributed by atoms with E-state index in [-0.39, 0.29) is 18.0 Å². The highest BCUT2D eigenvalue weighted by atomic mass is 16.5. The number of carbonyl (C=O) groups excluding carboxylic acids is 1. The monoisotopic (exact) mass is 457 g/mol. The zero-order chi connectivity index (χ0) is 24.1. The Morgan fingerprint density at radius 3 is 2.32 bits per heavy atom. The van der Waals surface area contributed by atoms with Gasteiger partial charge in [0.05, 0.1) is 19.7 Å². The lowest BCUT2D eigenvalue weighted by Gasteiger charge is -2.15. The number of fused-ring (bicyclic) bond motifs is 1. The van der Waals surface area contributed by atoms with Gasteiger partial charge in [-0.1, -0.05) is 12.1 Å². The Kier molecular flexibility index (Phi) is 6.82. The number of ether oxygens (including phenoxy) is 2. The topological polar surface area (TPSA) is 81.6 Å². The fraction of sp³-hybridized carbons (Fsp3) is 0.185. The number of hydrogen-bond donors (Lipinski definition) is 2. The lowest BCUT2D eigenvalue weighted by atomic mass is 10.1. The number of nitrogens with zero attached hydrogens (tertiary/aromatic N) is 1. The van der Waals surface area contributed by atoms with Gasteiger partial charge in [0, 0.05) is 29.5 Å². The van der Waals surface area contributed by atoms with Crippen molar-refractivity contribution in [1.29, 1.82) is 0 Å². The van der Waals surface area contributed by atoms with Crippen molar-refractivity contribution in [2.75, 3.05) is 24.9 Å². The Hall–Kier alpha value is -4.26. The SMILES string of the molecule is COc1ccc(NCc2cc3ccc(OC)cc3n(CC(=O)Nc3cccc(C)c3)c2=O)cc1. The molecular weight excluding hydrogens is 430 g/mol. The lowest BCUT2D eigenvalue weighted by Crippen LogP contribution is -2.30. The molecule has 0 radical (unpaired) electrons. The third-order valence-corrected chi connectivity index (χ3v) is 5.55. The average Bonchev–Trinajstić information content (AvgIpc) is 2.84. The van der Waals surface area contributed by atoms with E-state index >= 15 is 0 Å². The van der Waals surface area contributed by atoms with Crippen LogP contribution in [0.4, 0.5) is 11.4 Å². The number of hydrogen-bond acceptors (Lipinski definition) is 5. The zero-order valence-electron chi connectivity index (χ0n) is 19.4. The third-order valence-electron chi connectivity index (χ3n) is 5.55. The third kappa shape index (κ3) is 5.20. The average molecular weight is 458 g/mol. The molecule has 7 nitrogen and oxygen atoms in total. The molecule has 4 aromatic rings. The predicted molar refractivity (Wildman–Crippen MR) is 135 cm³/mol. The van der Waals surface area contributed by atoms with Crippen molar-refractivity contribution in [2.45, 2.75) is 20.0 Å². The first-order chi connectivity index (χ1) is 16.5. The van der Waals surface area contributed by atoms with E-state index in [9.17, 15) is 9.59 Å². The van der Waals surface area contributed by atoms with Crippen LogP contribution in [0.15, 0.2) is 77.6 Å². The first kappa shape index (κ1) is 22.9. The summed E-state index contributed by atoms with van der Waals surface area (Å²) < 4.78 is 12.0. The summed E-state index contributed by atoms with van der Waals surface area (Å²) in [6.07, 6.45) is 0. The highest BCUT2D eigenvalue weighted by molar-refractivity contribution is 5.92. The molecule has 0 aliphatic heterocycles. The number of pyridine rings is 1. The summed E-state index contributed by atoms with van der Waals surface area (Å²) in [5.74, 6) is 1.09. The number of benzene rings is 3. The number of carbonyl (C=O) groups is 1. The summed E-state index contributed by atoms with van der Waals surface area (Å²) in [5.41, 5.74) is 3.54. The molecule has 0 aliphatic rings. The fourth-order valence-electron chi connectivity index (χ4n) is 3.80. The van der Waals surface area contributed by atoms with Crippen molar-refractivity contribution in [2.24, 2.45) is 0 Å². The summed E-state index contributed by atoms with van der Waals surface area (Å²) in [5, 5.41) is 7.00. The smallest absolute Gasteiger partial charge is 0.256 e. The van der Waals surface area contributed by atoms with Crippen molar-refractivity contribution in [1.82, 2.24) is 4.57 Å². The molecule has 1 heterocycles. The molecule has 0 fully saturated rings. The molecular formula is C27H27N3O4. The number of amides is 1. The van der Waals surface area contributed by atoms with Crippen molar-refractivity contribution in [3.05, 3.63) is 94.3 Å². The van der Waals surface area contributed by atoms with Gasteiger partial charge in [-0.2, -0.15) is 0 Å². The van der Waals surface area contributed by atoms with Gasteiger partial charge >= 0.3 is 0 Å². The molecule has 1 amide bonds. The van der Waals surface area contributed by atoms with E-state index in [1.807, 2.05) is 73.7 Å². The molecule has 1 aromatic heterocycles. The number of aromatic nitrogens is 1. The van der Waals surface area contributed by atoms with Crippen LogP contribution < -0.4 is 25.7 Å². The van der Waals surface area contributed by atoms with Crippen molar-refractivity contribution < 1.29 is 14.3 Å². The number of anilines is 2. The molecule has 0 saturated heterocycles. The molecule has 34 heavy (non-hydrogen) atoms. The second kappa shape index (κ2) is 10.1. The Morgan fingerprint density at radius 2 is 1.62 bits per heavy atom. The Balaban J connectivity index is 1.65. The van der Waals surface area contributed by atoms with Gasteiger partial charge in [-0.3, -0.25) is 14.2 Å². The van der Waals surface area contributed by atoms with Crippen molar-refractivity contribution >= 4 is 28.2 Å². The largest absolute Gasteiger partial charge is 0.497 e. The molecule has 0 aliphatic carbocycles. The highest BCUT2D eigenvalue weighted by Crippen LogP contribution is 2.22. The summed E-state index contributed by atoms with van der Waals surface area (Å²) >= 11 is 0. The van der Waals surface area contributed by atoms with Crippen molar-refractivity contribution in [3.63, 3.8) is 0 Å². The molecule has 2 N–H and O–H groups in total.